The van der Waals surface area contributed by atoms with E-state index in [1.54, 1.807) is 30.5 Å². The fraction of sp³-hybridized carbons (Fsp3) is 0.100. The van der Waals surface area contributed by atoms with Crippen molar-refractivity contribution >= 4 is 34.7 Å². The van der Waals surface area contributed by atoms with Gasteiger partial charge in [-0.2, -0.15) is 0 Å². The van der Waals surface area contributed by atoms with Gasteiger partial charge in [-0.25, -0.2) is 4.98 Å². The molecule has 1 amide bonds. The molecule has 0 aliphatic heterocycles. The van der Waals surface area contributed by atoms with E-state index in [9.17, 15) is 4.79 Å². The standard InChI is InChI=1S/C20H18ClN3O/c1-2-14-3-9-17(10-4-14)23-19-12-11-18(13-22-19)24-20(25)15-5-7-16(21)8-6-15/h3-13H,2H2,1H3,(H,22,23)(H,24,25). The van der Waals surface area contributed by atoms with Crippen LogP contribution in [0.5, 0.6) is 0 Å². The summed E-state index contributed by atoms with van der Waals surface area (Å²) < 4.78 is 0. The minimum Gasteiger partial charge on any atom is -0.340 e. The van der Waals surface area contributed by atoms with Crippen molar-refractivity contribution in [1.82, 2.24) is 4.98 Å². The van der Waals surface area contributed by atoms with Crippen LogP contribution in [-0.4, -0.2) is 10.9 Å². The number of rotatable bonds is 5. The maximum Gasteiger partial charge on any atom is 0.255 e. The lowest BCUT2D eigenvalue weighted by Crippen LogP contribution is -2.11. The molecule has 1 heterocycles. The lowest BCUT2D eigenvalue weighted by molar-refractivity contribution is 0.102. The van der Waals surface area contributed by atoms with E-state index in [-0.39, 0.29) is 5.91 Å². The van der Waals surface area contributed by atoms with Crippen molar-refractivity contribution in [3.63, 3.8) is 0 Å². The van der Waals surface area contributed by atoms with Crippen molar-refractivity contribution in [3.05, 3.63) is 83.0 Å². The first-order chi connectivity index (χ1) is 12.1. The fourth-order valence-corrected chi connectivity index (χ4v) is 2.44. The second-order valence-electron chi connectivity index (χ2n) is 5.57. The maximum absolute atomic E-state index is 12.2. The number of hydrogen-bond donors (Lipinski definition) is 2. The van der Waals surface area contributed by atoms with Crippen LogP contribution >= 0.6 is 11.6 Å². The Morgan fingerprint density at radius 3 is 2.24 bits per heavy atom. The van der Waals surface area contributed by atoms with Gasteiger partial charge in [0.2, 0.25) is 0 Å². The Bertz CT molecular complexity index is 844. The molecule has 0 spiro atoms. The van der Waals surface area contributed by atoms with Crippen LogP contribution in [0.25, 0.3) is 0 Å². The number of aromatic nitrogens is 1. The van der Waals surface area contributed by atoms with Crippen LogP contribution < -0.4 is 10.6 Å². The molecule has 0 atom stereocenters. The smallest absolute Gasteiger partial charge is 0.255 e. The van der Waals surface area contributed by atoms with Gasteiger partial charge in [0.25, 0.3) is 5.91 Å². The number of anilines is 3. The molecule has 0 unspecified atom stereocenters. The number of benzene rings is 2. The molecule has 0 radical (unpaired) electrons. The van der Waals surface area contributed by atoms with E-state index >= 15 is 0 Å². The van der Waals surface area contributed by atoms with E-state index < -0.39 is 0 Å². The molecule has 0 aliphatic rings. The summed E-state index contributed by atoms with van der Waals surface area (Å²) in [5.41, 5.74) is 3.44. The van der Waals surface area contributed by atoms with E-state index in [0.29, 0.717) is 22.1 Å². The third-order valence-electron chi connectivity index (χ3n) is 3.76. The summed E-state index contributed by atoms with van der Waals surface area (Å²) in [7, 11) is 0. The highest BCUT2D eigenvalue weighted by Crippen LogP contribution is 2.18. The second-order valence-corrected chi connectivity index (χ2v) is 6.01. The van der Waals surface area contributed by atoms with Gasteiger partial charge >= 0.3 is 0 Å². The van der Waals surface area contributed by atoms with Gasteiger partial charge in [-0.1, -0.05) is 30.7 Å². The number of aryl methyl sites for hydroxylation is 1. The number of halogens is 1. The second kappa shape index (κ2) is 7.81. The molecule has 0 saturated heterocycles. The van der Waals surface area contributed by atoms with Gasteiger partial charge in [0.1, 0.15) is 5.82 Å². The Balaban J connectivity index is 1.63. The molecular weight excluding hydrogens is 334 g/mol. The van der Waals surface area contributed by atoms with Gasteiger partial charge in [-0.3, -0.25) is 4.79 Å². The summed E-state index contributed by atoms with van der Waals surface area (Å²) >= 11 is 5.83. The molecule has 1 aromatic heterocycles. The van der Waals surface area contributed by atoms with E-state index in [1.807, 2.05) is 24.3 Å². The van der Waals surface area contributed by atoms with Crippen molar-refractivity contribution in [1.29, 1.82) is 0 Å². The Hall–Kier alpha value is -2.85. The topological polar surface area (TPSA) is 54.0 Å². The Morgan fingerprint density at radius 2 is 1.64 bits per heavy atom. The first-order valence-electron chi connectivity index (χ1n) is 8.03. The lowest BCUT2D eigenvalue weighted by Gasteiger charge is -2.08. The number of nitrogens with zero attached hydrogens (tertiary/aromatic N) is 1. The van der Waals surface area contributed by atoms with Crippen molar-refractivity contribution in [2.45, 2.75) is 13.3 Å². The van der Waals surface area contributed by atoms with E-state index in [1.165, 1.54) is 5.56 Å². The summed E-state index contributed by atoms with van der Waals surface area (Å²) in [6.07, 6.45) is 2.64. The van der Waals surface area contributed by atoms with Crippen LogP contribution in [0.2, 0.25) is 5.02 Å². The summed E-state index contributed by atoms with van der Waals surface area (Å²) in [6, 6.07) is 18.6. The summed E-state index contributed by atoms with van der Waals surface area (Å²) in [5.74, 6) is 0.517. The predicted molar refractivity (Wildman–Crippen MR) is 103 cm³/mol. The third kappa shape index (κ3) is 4.58. The Kier molecular flexibility index (Phi) is 5.31. The molecular formula is C20H18ClN3O. The number of carbonyl (C=O) groups is 1. The van der Waals surface area contributed by atoms with Crippen LogP contribution in [0.3, 0.4) is 0 Å². The summed E-state index contributed by atoms with van der Waals surface area (Å²) in [4.78, 5) is 16.5. The molecule has 3 aromatic rings. The number of nitrogens with one attached hydrogen (secondary N) is 2. The van der Waals surface area contributed by atoms with Crippen LogP contribution in [-0.2, 0) is 6.42 Å². The van der Waals surface area contributed by atoms with Gasteiger partial charge in [0.15, 0.2) is 0 Å². The first-order valence-corrected chi connectivity index (χ1v) is 8.41. The highest BCUT2D eigenvalue weighted by atomic mass is 35.5. The zero-order valence-corrected chi connectivity index (χ0v) is 14.5. The minimum absolute atomic E-state index is 0.200. The average Bonchev–Trinajstić information content (AvgIpc) is 2.64. The molecule has 0 saturated carbocycles. The number of hydrogen-bond acceptors (Lipinski definition) is 3. The molecule has 2 N–H and O–H groups in total. The van der Waals surface area contributed by atoms with Gasteiger partial charge in [0.05, 0.1) is 11.9 Å². The highest BCUT2D eigenvalue weighted by molar-refractivity contribution is 6.30. The molecule has 0 aliphatic carbocycles. The lowest BCUT2D eigenvalue weighted by atomic mass is 10.1. The first kappa shape index (κ1) is 17.0. The van der Waals surface area contributed by atoms with Crippen LogP contribution in [0.15, 0.2) is 66.9 Å². The third-order valence-corrected chi connectivity index (χ3v) is 4.01. The molecule has 0 fully saturated rings. The van der Waals surface area contributed by atoms with E-state index in [2.05, 4.69) is 34.7 Å². The van der Waals surface area contributed by atoms with Crippen molar-refractivity contribution < 1.29 is 4.79 Å². The molecule has 2 aromatic carbocycles. The normalized spacial score (nSPS) is 10.3. The van der Waals surface area contributed by atoms with E-state index in [4.69, 9.17) is 11.6 Å². The molecule has 25 heavy (non-hydrogen) atoms. The van der Waals surface area contributed by atoms with Crippen molar-refractivity contribution in [2.75, 3.05) is 10.6 Å². The molecule has 0 bridgehead atoms. The average molecular weight is 352 g/mol. The summed E-state index contributed by atoms with van der Waals surface area (Å²) in [5, 5.41) is 6.64. The van der Waals surface area contributed by atoms with E-state index in [0.717, 1.165) is 12.1 Å². The maximum atomic E-state index is 12.2. The largest absolute Gasteiger partial charge is 0.340 e. The van der Waals surface area contributed by atoms with Gasteiger partial charge < -0.3 is 10.6 Å². The van der Waals surface area contributed by atoms with Crippen molar-refractivity contribution in [2.24, 2.45) is 0 Å². The van der Waals surface area contributed by atoms with Gasteiger partial charge in [-0.05, 0) is 60.5 Å². The van der Waals surface area contributed by atoms with Gasteiger partial charge in [-0.15, -0.1) is 0 Å². The minimum atomic E-state index is -0.200. The monoisotopic (exact) mass is 351 g/mol. The number of carbonyl (C=O) groups excluding carboxylic acids is 1. The number of amides is 1. The van der Waals surface area contributed by atoms with Crippen molar-refractivity contribution in [3.8, 4) is 0 Å². The Morgan fingerprint density at radius 1 is 0.960 bits per heavy atom. The van der Waals surface area contributed by atoms with Gasteiger partial charge in [0, 0.05) is 16.3 Å². The molecule has 4 nitrogen and oxygen atoms in total. The highest BCUT2D eigenvalue weighted by Gasteiger charge is 2.06. The van der Waals surface area contributed by atoms with Crippen LogP contribution in [0.1, 0.15) is 22.8 Å². The molecule has 126 valence electrons. The quantitative estimate of drug-likeness (QED) is 0.656. The van der Waals surface area contributed by atoms with Crippen LogP contribution in [0.4, 0.5) is 17.2 Å². The zero-order chi connectivity index (χ0) is 17.6. The SMILES string of the molecule is CCc1ccc(Nc2ccc(NC(=O)c3ccc(Cl)cc3)cn2)cc1. The number of pyridine rings is 1. The fourth-order valence-electron chi connectivity index (χ4n) is 2.32. The molecule has 5 heteroatoms. The Labute approximate surface area is 151 Å². The summed E-state index contributed by atoms with van der Waals surface area (Å²) in [6.45, 7) is 2.13. The molecule has 3 rings (SSSR count). The van der Waals surface area contributed by atoms with Crippen LogP contribution in [0, 0.1) is 0 Å². The zero-order valence-electron chi connectivity index (χ0n) is 13.8. The predicted octanol–water partition coefficient (Wildman–Crippen LogP) is 5.29.